The lowest BCUT2D eigenvalue weighted by molar-refractivity contribution is 0.590. The number of para-hydroxylation sites is 1. The van der Waals surface area contributed by atoms with Crippen LogP contribution in [0.5, 0.6) is 0 Å². The minimum absolute atomic E-state index is 0.204. The smallest absolute Gasteiger partial charge is 0.0410 e. The molecule has 0 saturated heterocycles. The van der Waals surface area contributed by atoms with Crippen LogP contribution in [0.3, 0.4) is 0 Å². The number of hydrogen-bond acceptors (Lipinski definition) is 1. The predicted molar refractivity (Wildman–Crippen MR) is 112 cm³/mol. The lowest BCUT2D eigenvalue weighted by atomic mass is 9.87. The Labute approximate surface area is 155 Å². The summed E-state index contributed by atoms with van der Waals surface area (Å²) in [6, 6.07) is 19.9. The fourth-order valence-electron chi connectivity index (χ4n) is 3.21. The standard InChI is InChI=1S/C24H35N/c1-5-6-7-8-9-13-20-25(22-14-11-10-12-15-22)23-18-16-21(17-19-23)24(2,3)4/h10-12,14-19H,5-9,13,20H2,1-4H3. The molecule has 0 aliphatic carbocycles. The van der Waals surface area contributed by atoms with Crippen molar-refractivity contribution in [1.29, 1.82) is 0 Å². The first-order valence-electron chi connectivity index (χ1n) is 9.95. The van der Waals surface area contributed by atoms with Gasteiger partial charge >= 0.3 is 0 Å². The Balaban J connectivity index is 2.07. The third-order valence-electron chi connectivity index (χ3n) is 4.85. The third kappa shape index (κ3) is 6.23. The Morgan fingerprint density at radius 3 is 1.84 bits per heavy atom. The Morgan fingerprint density at radius 1 is 0.680 bits per heavy atom. The molecule has 2 rings (SSSR count). The van der Waals surface area contributed by atoms with Crippen LogP contribution in [0.15, 0.2) is 54.6 Å². The van der Waals surface area contributed by atoms with Crippen LogP contribution in [0.4, 0.5) is 11.4 Å². The van der Waals surface area contributed by atoms with E-state index < -0.39 is 0 Å². The van der Waals surface area contributed by atoms with Crippen LogP contribution in [0.25, 0.3) is 0 Å². The van der Waals surface area contributed by atoms with Gasteiger partial charge in [0.1, 0.15) is 0 Å². The van der Waals surface area contributed by atoms with Gasteiger partial charge in [0.05, 0.1) is 0 Å². The van der Waals surface area contributed by atoms with E-state index in [9.17, 15) is 0 Å². The highest BCUT2D eigenvalue weighted by atomic mass is 15.1. The summed E-state index contributed by atoms with van der Waals surface area (Å²) in [5.74, 6) is 0. The molecular weight excluding hydrogens is 302 g/mol. The maximum atomic E-state index is 2.46. The fraction of sp³-hybridized carbons (Fsp3) is 0.500. The topological polar surface area (TPSA) is 3.24 Å². The molecule has 0 bridgehead atoms. The molecular formula is C24H35N. The normalized spacial score (nSPS) is 11.5. The number of benzene rings is 2. The van der Waals surface area contributed by atoms with Crippen LogP contribution in [0.1, 0.15) is 71.8 Å². The van der Waals surface area contributed by atoms with Gasteiger partial charge in [-0.15, -0.1) is 0 Å². The van der Waals surface area contributed by atoms with Crippen molar-refractivity contribution < 1.29 is 0 Å². The van der Waals surface area contributed by atoms with E-state index >= 15 is 0 Å². The van der Waals surface area contributed by atoms with Gasteiger partial charge in [-0.3, -0.25) is 0 Å². The van der Waals surface area contributed by atoms with Crippen molar-refractivity contribution in [1.82, 2.24) is 0 Å². The fourth-order valence-corrected chi connectivity index (χ4v) is 3.21. The van der Waals surface area contributed by atoms with Gasteiger partial charge in [0.2, 0.25) is 0 Å². The van der Waals surface area contributed by atoms with E-state index in [2.05, 4.69) is 87.2 Å². The molecule has 0 spiro atoms. The molecule has 2 aromatic rings. The van der Waals surface area contributed by atoms with Crippen molar-refractivity contribution in [2.45, 2.75) is 71.6 Å². The molecule has 0 radical (unpaired) electrons. The second-order valence-corrected chi connectivity index (χ2v) is 8.05. The monoisotopic (exact) mass is 337 g/mol. The van der Waals surface area contributed by atoms with E-state index in [0.717, 1.165) is 6.54 Å². The highest BCUT2D eigenvalue weighted by molar-refractivity contribution is 5.63. The number of unbranched alkanes of at least 4 members (excludes halogenated alkanes) is 5. The summed E-state index contributed by atoms with van der Waals surface area (Å²) in [6.45, 7) is 10.2. The summed E-state index contributed by atoms with van der Waals surface area (Å²) in [6.07, 6.45) is 8.00. The first-order valence-corrected chi connectivity index (χ1v) is 9.95. The molecule has 1 nitrogen and oxygen atoms in total. The van der Waals surface area contributed by atoms with Crippen LogP contribution in [0.2, 0.25) is 0 Å². The van der Waals surface area contributed by atoms with Gasteiger partial charge in [-0.2, -0.15) is 0 Å². The van der Waals surface area contributed by atoms with Gasteiger partial charge in [0.25, 0.3) is 0 Å². The molecule has 0 heterocycles. The van der Waals surface area contributed by atoms with Crippen molar-refractivity contribution in [2.24, 2.45) is 0 Å². The molecule has 0 unspecified atom stereocenters. The zero-order valence-corrected chi connectivity index (χ0v) is 16.6. The average molecular weight is 338 g/mol. The Bertz CT molecular complexity index is 592. The van der Waals surface area contributed by atoms with E-state index in [0.29, 0.717) is 0 Å². The van der Waals surface area contributed by atoms with Crippen molar-refractivity contribution in [3.05, 3.63) is 60.2 Å². The molecule has 25 heavy (non-hydrogen) atoms. The van der Waals surface area contributed by atoms with Gasteiger partial charge in [-0.05, 0) is 41.7 Å². The van der Waals surface area contributed by atoms with Crippen LogP contribution in [0, 0.1) is 0 Å². The third-order valence-corrected chi connectivity index (χ3v) is 4.85. The number of rotatable bonds is 9. The van der Waals surface area contributed by atoms with Crippen molar-refractivity contribution in [2.75, 3.05) is 11.4 Å². The molecule has 0 fully saturated rings. The Kier molecular flexibility index (Phi) is 7.55. The van der Waals surface area contributed by atoms with Gasteiger partial charge in [0.15, 0.2) is 0 Å². The maximum Gasteiger partial charge on any atom is 0.0410 e. The molecule has 0 aliphatic rings. The first-order chi connectivity index (χ1) is 12.0. The molecule has 0 atom stereocenters. The van der Waals surface area contributed by atoms with Gasteiger partial charge in [-0.1, -0.05) is 90.1 Å². The highest BCUT2D eigenvalue weighted by Crippen LogP contribution is 2.29. The summed E-state index contributed by atoms with van der Waals surface area (Å²) in [5, 5.41) is 0. The minimum atomic E-state index is 0.204. The largest absolute Gasteiger partial charge is 0.341 e. The van der Waals surface area contributed by atoms with E-state index in [1.807, 2.05) is 0 Å². The average Bonchev–Trinajstić information content (AvgIpc) is 2.61. The maximum absolute atomic E-state index is 2.46. The van der Waals surface area contributed by atoms with Crippen LogP contribution < -0.4 is 4.90 Å². The molecule has 0 N–H and O–H groups in total. The van der Waals surface area contributed by atoms with Crippen molar-refractivity contribution >= 4 is 11.4 Å². The lowest BCUT2D eigenvalue weighted by Gasteiger charge is -2.26. The molecule has 1 heteroatoms. The zero-order valence-electron chi connectivity index (χ0n) is 16.6. The number of anilines is 2. The van der Waals surface area contributed by atoms with Crippen molar-refractivity contribution in [3.8, 4) is 0 Å². The SMILES string of the molecule is CCCCCCCCN(c1ccccc1)c1ccc(C(C)(C)C)cc1. The molecule has 0 aromatic heterocycles. The van der Waals surface area contributed by atoms with Crippen LogP contribution in [-0.2, 0) is 5.41 Å². The number of hydrogen-bond donors (Lipinski definition) is 0. The van der Waals surface area contributed by atoms with Crippen molar-refractivity contribution in [3.63, 3.8) is 0 Å². The molecule has 2 aromatic carbocycles. The zero-order chi connectivity index (χ0) is 18.1. The summed E-state index contributed by atoms with van der Waals surface area (Å²) >= 11 is 0. The second-order valence-electron chi connectivity index (χ2n) is 8.05. The minimum Gasteiger partial charge on any atom is -0.341 e. The Hall–Kier alpha value is -1.76. The Morgan fingerprint density at radius 2 is 1.24 bits per heavy atom. The first kappa shape index (κ1) is 19.6. The van der Waals surface area contributed by atoms with Gasteiger partial charge in [0, 0.05) is 17.9 Å². The van der Waals surface area contributed by atoms with E-state index in [1.165, 1.54) is 55.5 Å². The second kappa shape index (κ2) is 9.65. The van der Waals surface area contributed by atoms with Crippen LogP contribution in [-0.4, -0.2) is 6.54 Å². The van der Waals surface area contributed by atoms with E-state index in [-0.39, 0.29) is 5.41 Å². The van der Waals surface area contributed by atoms with E-state index in [4.69, 9.17) is 0 Å². The summed E-state index contributed by atoms with van der Waals surface area (Å²) in [5.41, 5.74) is 4.19. The molecule has 0 amide bonds. The van der Waals surface area contributed by atoms with Crippen LogP contribution >= 0.6 is 0 Å². The molecule has 0 aliphatic heterocycles. The quantitative estimate of drug-likeness (QED) is 0.429. The summed E-state index contributed by atoms with van der Waals surface area (Å²) < 4.78 is 0. The summed E-state index contributed by atoms with van der Waals surface area (Å²) in [4.78, 5) is 2.46. The van der Waals surface area contributed by atoms with E-state index in [1.54, 1.807) is 0 Å². The predicted octanol–water partition coefficient (Wildman–Crippen LogP) is 7.48. The lowest BCUT2D eigenvalue weighted by Crippen LogP contribution is -2.19. The molecule has 136 valence electrons. The highest BCUT2D eigenvalue weighted by Gasteiger charge is 2.14. The summed E-state index contributed by atoms with van der Waals surface area (Å²) in [7, 11) is 0. The number of nitrogens with zero attached hydrogens (tertiary/aromatic N) is 1. The van der Waals surface area contributed by atoms with Gasteiger partial charge < -0.3 is 4.90 Å². The van der Waals surface area contributed by atoms with Gasteiger partial charge in [-0.25, -0.2) is 0 Å². The molecule has 0 saturated carbocycles.